The van der Waals surface area contributed by atoms with Gasteiger partial charge in [-0.1, -0.05) is 32.0 Å². The number of benzene rings is 1. The Hall–Kier alpha value is -0.882. The number of hydrogen-bond donors (Lipinski definition) is 0. The Bertz CT molecular complexity index is 590. The first kappa shape index (κ1) is 18.2. The summed E-state index contributed by atoms with van der Waals surface area (Å²) in [6.07, 6.45) is 2.16. The Morgan fingerprint density at radius 2 is 1.52 bits per heavy atom. The van der Waals surface area contributed by atoms with E-state index in [0.717, 1.165) is 18.5 Å². The van der Waals surface area contributed by atoms with Gasteiger partial charge in [-0.15, -0.1) is 0 Å². The molecule has 0 amide bonds. The molecule has 0 aliphatic heterocycles. The molecule has 0 fully saturated rings. The van der Waals surface area contributed by atoms with Crippen LogP contribution in [0.5, 0.6) is 0 Å². The van der Waals surface area contributed by atoms with Gasteiger partial charge in [0.2, 0.25) is 0 Å². The van der Waals surface area contributed by atoms with E-state index in [4.69, 9.17) is 5.10 Å². The van der Waals surface area contributed by atoms with Crippen molar-refractivity contribution in [3.05, 3.63) is 40.7 Å². The van der Waals surface area contributed by atoms with Crippen molar-refractivity contribution in [3.63, 3.8) is 0 Å². The van der Waals surface area contributed by atoms with Gasteiger partial charge in [0.15, 0.2) is 0 Å². The van der Waals surface area contributed by atoms with Crippen LogP contribution >= 0.6 is 0 Å². The fourth-order valence-corrected chi connectivity index (χ4v) is 2.90. The molecule has 0 atom stereocenters. The molecule has 1 heterocycles. The van der Waals surface area contributed by atoms with Gasteiger partial charge in [-0.05, 0) is 57.2 Å². The standard InChI is InChI=1S/C18H26N2.Pt/c1-7-15-9-16(8-2)11-17(10-15)18-13(5)19-20(12(3)4)14(18)6;/h9-12H,7-8H2,1-6H3;. The molecular weight excluding hydrogens is 439 g/mol. The third-order valence-electron chi connectivity index (χ3n) is 3.97. The van der Waals surface area contributed by atoms with Crippen LogP contribution in [0.25, 0.3) is 11.1 Å². The van der Waals surface area contributed by atoms with E-state index in [1.165, 1.54) is 27.9 Å². The van der Waals surface area contributed by atoms with Gasteiger partial charge in [-0.3, -0.25) is 4.68 Å². The van der Waals surface area contributed by atoms with Crippen LogP contribution in [0.4, 0.5) is 0 Å². The maximum Gasteiger partial charge on any atom is 0.0675 e. The summed E-state index contributed by atoms with van der Waals surface area (Å²) in [6.45, 7) is 13.1. The van der Waals surface area contributed by atoms with Crippen LogP contribution in [0.2, 0.25) is 0 Å². The maximum absolute atomic E-state index is 4.71. The van der Waals surface area contributed by atoms with Gasteiger partial charge in [-0.25, -0.2) is 0 Å². The SMILES string of the molecule is CCc1cc(CC)cc(-c2c(C)nn(C(C)C)c2C)c1.[Pt]. The molecule has 0 saturated carbocycles. The third kappa shape index (κ3) is 3.66. The Balaban J connectivity index is 0.00000220. The Kier molecular flexibility index (Phi) is 6.40. The summed E-state index contributed by atoms with van der Waals surface area (Å²) in [5.74, 6) is 0. The summed E-state index contributed by atoms with van der Waals surface area (Å²) < 4.78 is 2.13. The first-order chi connectivity index (χ1) is 9.47. The fourth-order valence-electron chi connectivity index (χ4n) is 2.90. The summed E-state index contributed by atoms with van der Waals surface area (Å²) in [4.78, 5) is 0. The van der Waals surface area contributed by atoms with Crippen molar-refractivity contribution in [2.75, 3.05) is 0 Å². The van der Waals surface area contributed by atoms with Crippen LogP contribution in [0, 0.1) is 13.8 Å². The zero-order chi connectivity index (χ0) is 14.9. The number of aromatic nitrogens is 2. The van der Waals surface area contributed by atoms with E-state index in [2.05, 4.69) is 64.4 Å². The van der Waals surface area contributed by atoms with E-state index in [0.29, 0.717) is 6.04 Å². The van der Waals surface area contributed by atoms with Gasteiger partial charge in [0.05, 0.1) is 5.69 Å². The normalized spacial score (nSPS) is 10.8. The van der Waals surface area contributed by atoms with Gasteiger partial charge in [0.1, 0.15) is 0 Å². The second-order valence-electron chi connectivity index (χ2n) is 5.83. The van der Waals surface area contributed by atoms with E-state index < -0.39 is 0 Å². The minimum atomic E-state index is 0. The minimum absolute atomic E-state index is 0. The van der Waals surface area contributed by atoms with Crippen molar-refractivity contribution >= 4 is 0 Å². The molecule has 0 aliphatic rings. The van der Waals surface area contributed by atoms with Crippen molar-refractivity contribution in [2.24, 2.45) is 0 Å². The molecule has 0 bridgehead atoms. The molecule has 2 aromatic rings. The van der Waals surface area contributed by atoms with Crippen molar-refractivity contribution in [3.8, 4) is 11.1 Å². The first-order valence-electron chi connectivity index (χ1n) is 7.66. The molecule has 2 rings (SSSR count). The van der Waals surface area contributed by atoms with Gasteiger partial charge in [-0.2, -0.15) is 5.10 Å². The average molecular weight is 465 g/mol. The van der Waals surface area contributed by atoms with E-state index in [1.807, 2.05) is 0 Å². The smallest absolute Gasteiger partial charge is 0.0675 e. The largest absolute Gasteiger partial charge is 0.266 e. The minimum Gasteiger partial charge on any atom is -0.266 e. The predicted molar refractivity (Wildman–Crippen MR) is 86.3 cm³/mol. The van der Waals surface area contributed by atoms with Crippen molar-refractivity contribution < 1.29 is 21.1 Å². The van der Waals surface area contributed by atoms with Crippen molar-refractivity contribution in [1.82, 2.24) is 9.78 Å². The number of aryl methyl sites for hydroxylation is 3. The molecule has 0 saturated heterocycles. The Morgan fingerprint density at radius 3 is 1.90 bits per heavy atom. The molecular formula is C18H26N2Pt. The molecule has 118 valence electrons. The monoisotopic (exact) mass is 465 g/mol. The van der Waals surface area contributed by atoms with Crippen molar-refractivity contribution in [2.45, 2.75) is 60.4 Å². The van der Waals surface area contributed by atoms with Gasteiger partial charge in [0, 0.05) is 38.4 Å². The number of rotatable bonds is 4. The molecule has 0 N–H and O–H groups in total. The van der Waals surface area contributed by atoms with Gasteiger partial charge in [0.25, 0.3) is 0 Å². The summed E-state index contributed by atoms with van der Waals surface area (Å²) >= 11 is 0. The van der Waals surface area contributed by atoms with E-state index >= 15 is 0 Å². The Morgan fingerprint density at radius 1 is 1.00 bits per heavy atom. The average Bonchev–Trinajstić information content (AvgIpc) is 2.73. The van der Waals surface area contributed by atoms with Gasteiger partial charge >= 0.3 is 0 Å². The summed E-state index contributed by atoms with van der Waals surface area (Å²) in [7, 11) is 0. The molecule has 0 unspecified atom stereocenters. The molecule has 21 heavy (non-hydrogen) atoms. The van der Waals surface area contributed by atoms with E-state index in [1.54, 1.807) is 0 Å². The van der Waals surface area contributed by atoms with Crippen LogP contribution in [-0.2, 0) is 33.9 Å². The molecule has 1 aromatic carbocycles. The van der Waals surface area contributed by atoms with Crippen LogP contribution in [0.15, 0.2) is 18.2 Å². The molecule has 2 nitrogen and oxygen atoms in total. The number of nitrogens with zero attached hydrogens (tertiary/aromatic N) is 2. The molecule has 0 aliphatic carbocycles. The van der Waals surface area contributed by atoms with Crippen LogP contribution < -0.4 is 0 Å². The topological polar surface area (TPSA) is 17.8 Å². The summed E-state index contributed by atoms with van der Waals surface area (Å²) in [5.41, 5.74) is 7.86. The fraction of sp³-hybridized carbons (Fsp3) is 0.500. The maximum atomic E-state index is 4.71. The van der Waals surface area contributed by atoms with Crippen LogP contribution in [0.1, 0.15) is 56.3 Å². The first-order valence-corrected chi connectivity index (χ1v) is 7.66. The summed E-state index contributed by atoms with van der Waals surface area (Å²) in [5, 5.41) is 4.71. The van der Waals surface area contributed by atoms with Crippen LogP contribution in [-0.4, -0.2) is 9.78 Å². The van der Waals surface area contributed by atoms with Crippen LogP contribution in [0.3, 0.4) is 0 Å². The summed E-state index contributed by atoms with van der Waals surface area (Å²) in [6, 6.07) is 7.37. The second kappa shape index (κ2) is 7.40. The quantitative estimate of drug-likeness (QED) is 0.630. The van der Waals surface area contributed by atoms with E-state index in [9.17, 15) is 0 Å². The molecule has 0 radical (unpaired) electrons. The molecule has 0 spiro atoms. The van der Waals surface area contributed by atoms with Gasteiger partial charge < -0.3 is 0 Å². The van der Waals surface area contributed by atoms with E-state index in [-0.39, 0.29) is 21.1 Å². The zero-order valence-corrected chi connectivity index (χ0v) is 16.2. The van der Waals surface area contributed by atoms with Crippen molar-refractivity contribution in [1.29, 1.82) is 0 Å². The number of hydrogen-bond acceptors (Lipinski definition) is 1. The Labute approximate surface area is 143 Å². The zero-order valence-electron chi connectivity index (χ0n) is 13.9. The second-order valence-corrected chi connectivity index (χ2v) is 5.83. The third-order valence-corrected chi connectivity index (χ3v) is 3.97. The molecule has 3 heteroatoms. The predicted octanol–water partition coefficient (Wildman–Crippen LogP) is 4.87. The molecule has 1 aromatic heterocycles.